The Morgan fingerprint density at radius 3 is 2.93 bits per heavy atom. The van der Waals surface area contributed by atoms with Crippen LogP contribution in [0.1, 0.15) is 12.2 Å². The summed E-state index contributed by atoms with van der Waals surface area (Å²) in [5.41, 5.74) is 0. The molecule has 2 aliphatic rings. The molecule has 2 aliphatic heterocycles. The molecule has 0 amide bonds. The summed E-state index contributed by atoms with van der Waals surface area (Å²) < 4.78 is 6.14. The van der Waals surface area contributed by atoms with Crippen LogP contribution in [0.5, 0.6) is 0 Å². The van der Waals surface area contributed by atoms with E-state index in [0.717, 1.165) is 24.7 Å². The van der Waals surface area contributed by atoms with E-state index in [1.54, 1.807) is 7.05 Å². The van der Waals surface area contributed by atoms with E-state index in [2.05, 4.69) is 14.6 Å². The molecule has 3 rings (SSSR count). The summed E-state index contributed by atoms with van der Waals surface area (Å²) in [5.74, 6) is 1.90. The number of fused-ring (bicyclic) bond motifs is 2. The molecule has 2 saturated heterocycles. The smallest absolute Gasteiger partial charge is 0.303 e. The molecule has 0 radical (unpaired) electrons. The molecule has 0 N–H and O–H groups in total. The van der Waals surface area contributed by atoms with E-state index < -0.39 is 0 Å². The van der Waals surface area contributed by atoms with E-state index in [0.29, 0.717) is 5.92 Å². The van der Waals surface area contributed by atoms with Crippen molar-refractivity contribution in [3.05, 3.63) is 16.4 Å². The van der Waals surface area contributed by atoms with Gasteiger partial charge in [-0.2, -0.15) is 0 Å². The third kappa shape index (κ3) is 1.42. The normalized spacial score (nSPS) is 33.8. The molecule has 3 unspecified atom stereocenters. The molecule has 5 heteroatoms. The summed E-state index contributed by atoms with van der Waals surface area (Å²) in [6.45, 7) is 3.64. The van der Waals surface area contributed by atoms with Crippen LogP contribution in [0, 0.1) is 11.8 Å². The Labute approximate surface area is 87.7 Å². The largest absolute Gasteiger partial charge is 0.441 e. The zero-order valence-electron chi connectivity index (χ0n) is 8.85. The fraction of sp³-hybridized carbons (Fsp3) is 0.800. The fourth-order valence-electron chi connectivity index (χ4n) is 2.85. The van der Waals surface area contributed by atoms with Gasteiger partial charge in [0.05, 0.1) is 0 Å². The molecule has 1 aromatic rings. The standard InChI is InChI=1S/C10H15N3O2/c1-12-9(11-15-10(12)14)4-8-6-13-3-2-7(8)5-13/h7-8H,2-6H2,1H3. The van der Waals surface area contributed by atoms with Crippen LogP contribution >= 0.6 is 0 Å². The predicted octanol–water partition coefficient (Wildman–Crippen LogP) is -0.132. The van der Waals surface area contributed by atoms with Crippen LogP contribution in [0.3, 0.4) is 0 Å². The second-order valence-electron chi connectivity index (χ2n) is 4.70. The van der Waals surface area contributed by atoms with Crippen molar-refractivity contribution in [3.63, 3.8) is 0 Å². The van der Waals surface area contributed by atoms with Crippen molar-refractivity contribution < 1.29 is 4.52 Å². The molecule has 5 nitrogen and oxygen atoms in total. The Hall–Kier alpha value is -1.10. The van der Waals surface area contributed by atoms with E-state index in [1.165, 1.54) is 24.1 Å². The monoisotopic (exact) mass is 209 g/mol. The molecule has 3 atom stereocenters. The van der Waals surface area contributed by atoms with Gasteiger partial charge in [0.1, 0.15) is 0 Å². The highest BCUT2D eigenvalue weighted by atomic mass is 16.5. The van der Waals surface area contributed by atoms with E-state index >= 15 is 0 Å². The molecular formula is C10H15N3O2. The van der Waals surface area contributed by atoms with E-state index in [9.17, 15) is 4.79 Å². The van der Waals surface area contributed by atoms with Crippen LogP contribution < -0.4 is 5.76 Å². The first kappa shape index (κ1) is 9.15. The average Bonchev–Trinajstić information content (AvgIpc) is 2.89. The molecule has 0 spiro atoms. The molecule has 15 heavy (non-hydrogen) atoms. The highest BCUT2D eigenvalue weighted by Gasteiger charge is 2.38. The van der Waals surface area contributed by atoms with Crippen LogP contribution in [0.4, 0.5) is 0 Å². The Balaban J connectivity index is 1.76. The van der Waals surface area contributed by atoms with Crippen molar-refractivity contribution in [2.24, 2.45) is 18.9 Å². The Bertz CT molecular complexity index is 423. The van der Waals surface area contributed by atoms with Gasteiger partial charge in [-0.25, -0.2) is 4.79 Å². The highest BCUT2D eigenvalue weighted by molar-refractivity contribution is 4.96. The summed E-state index contributed by atoms with van der Waals surface area (Å²) in [7, 11) is 1.72. The van der Waals surface area contributed by atoms with Gasteiger partial charge in [0.15, 0.2) is 5.82 Å². The van der Waals surface area contributed by atoms with Crippen molar-refractivity contribution in [2.75, 3.05) is 19.6 Å². The van der Waals surface area contributed by atoms with Crippen molar-refractivity contribution in [3.8, 4) is 0 Å². The van der Waals surface area contributed by atoms with E-state index in [-0.39, 0.29) is 5.76 Å². The maximum Gasteiger partial charge on any atom is 0.441 e. The second-order valence-corrected chi connectivity index (χ2v) is 4.70. The first-order valence-electron chi connectivity index (χ1n) is 5.48. The predicted molar refractivity (Wildman–Crippen MR) is 53.5 cm³/mol. The lowest BCUT2D eigenvalue weighted by molar-refractivity contribution is 0.293. The maximum absolute atomic E-state index is 11.1. The Morgan fingerprint density at radius 2 is 2.40 bits per heavy atom. The third-order valence-corrected chi connectivity index (χ3v) is 3.80. The van der Waals surface area contributed by atoms with Gasteiger partial charge in [-0.05, 0) is 24.8 Å². The topological polar surface area (TPSA) is 51.3 Å². The van der Waals surface area contributed by atoms with Crippen molar-refractivity contribution >= 4 is 0 Å². The molecule has 1 aromatic heterocycles. The summed E-state index contributed by atoms with van der Waals surface area (Å²) >= 11 is 0. The van der Waals surface area contributed by atoms with Crippen LogP contribution in [-0.2, 0) is 13.5 Å². The number of rotatable bonds is 2. The Kier molecular flexibility index (Phi) is 1.95. The van der Waals surface area contributed by atoms with Gasteiger partial charge in [-0.1, -0.05) is 5.16 Å². The summed E-state index contributed by atoms with van der Waals surface area (Å²) in [5, 5.41) is 3.82. The summed E-state index contributed by atoms with van der Waals surface area (Å²) in [6, 6.07) is 0. The summed E-state index contributed by atoms with van der Waals surface area (Å²) in [6.07, 6.45) is 2.18. The molecule has 0 saturated carbocycles. The fourth-order valence-corrected chi connectivity index (χ4v) is 2.85. The molecular weight excluding hydrogens is 194 g/mol. The van der Waals surface area contributed by atoms with E-state index in [1.807, 2.05) is 0 Å². The minimum atomic E-state index is -0.353. The molecule has 82 valence electrons. The first-order chi connectivity index (χ1) is 7.24. The third-order valence-electron chi connectivity index (χ3n) is 3.80. The number of piperidine rings is 1. The lowest BCUT2D eigenvalue weighted by Crippen LogP contribution is -2.26. The molecule has 0 aliphatic carbocycles. The van der Waals surface area contributed by atoms with Gasteiger partial charge >= 0.3 is 5.76 Å². The van der Waals surface area contributed by atoms with Crippen molar-refractivity contribution in [2.45, 2.75) is 12.8 Å². The maximum atomic E-state index is 11.1. The van der Waals surface area contributed by atoms with Crippen LogP contribution in [0.25, 0.3) is 0 Å². The minimum absolute atomic E-state index is 0.353. The number of nitrogens with zero attached hydrogens (tertiary/aromatic N) is 3. The molecule has 0 aromatic carbocycles. The molecule has 2 fully saturated rings. The van der Waals surface area contributed by atoms with E-state index in [4.69, 9.17) is 0 Å². The first-order valence-corrected chi connectivity index (χ1v) is 5.48. The van der Waals surface area contributed by atoms with Crippen LogP contribution in [0.2, 0.25) is 0 Å². The van der Waals surface area contributed by atoms with Gasteiger partial charge in [0.2, 0.25) is 0 Å². The van der Waals surface area contributed by atoms with Gasteiger partial charge in [-0.3, -0.25) is 9.09 Å². The Morgan fingerprint density at radius 1 is 1.53 bits per heavy atom. The highest BCUT2D eigenvalue weighted by Crippen LogP contribution is 2.34. The van der Waals surface area contributed by atoms with Crippen molar-refractivity contribution in [1.82, 2.24) is 14.6 Å². The molecule has 3 heterocycles. The van der Waals surface area contributed by atoms with Crippen LogP contribution in [0.15, 0.2) is 9.32 Å². The van der Waals surface area contributed by atoms with Gasteiger partial charge < -0.3 is 4.90 Å². The lowest BCUT2D eigenvalue weighted by Gasteiger charge is -2.20. The van der Waals surface area contributed by atoms with Gasteiger partial charge in [-0.15, -0.1) is 0 Å². The number of hydrogen-bond donors (Lipinski definition) is 0. The van der Waals surface area contributed by atoms with Gasteiger partial charge in [0.25, 0.3) is 0 Å². The summed E-state index contributed by atoms with van der Waals surface area (Å²) in [4.78, 5) is 13.6. The van der Waals surface area contributed by atoms with Crippen molar-refractivity contribution in [1.29, 1.82) is 0 Å². The number of hydrogen-bond acceptors (Lipinski definition) is 4. The SMILES string of the molecule is Cn1c(CC2CN3CCC2C3)noc1=O. The second kappa shape index (κ2) is 3.20. The zero-order chi connectivity index (χ0) is 10.4. The van der Waals surface area contributed by atoms with Gasteiger partial charge in [0, 0.05) is 26.6 Å². The lowest BCUT2D eigenvalue weighted by atomic mass is 9.89. The zero-order valence-corrected chi connectivity index (χ0v) is 8.85. The minimum Gasteiger partial charge on any atom is -0.303 e. The average molecular weight is 209 g/mol. The van der Waals surface area contributed by atoms with Crippen LogP contribution in [-0.4, -0.2) is 34.3 Å². The molecule has 2 bridgehead atoms. The number of aromatic nitrogens is 2. The quantitative estimate of drug-likeness (QED) is 0.680.